The Morgan fingerprint density at radius 2 is 2.00 bits per heavy atom. The van der Waals surface area contributed by atoms with E-state index in [1.54, 1.807) is 29.6 Å². The van der Waals surface area contributed by atoms with Gasteiger partial charge in [0, 0.05) is 42.5 Å². The van der Waals surface area contributed by atoms with Crippen LogP contribution in [0.1, 0.15) is 50.8 Å². The van der Waals surface area contributed by atoms with Crippen LogP contribution in [0.2, 0.25) is 5.02 Å². The molecule has 1 atom stereocenters. The maximum Gasteiger partial charge on any atom is 0.410 e. The number of benzene rings is 2. The van der Waals surface area contributed by atoms with Crippen LogP contribution < -0.4 is 10.1 Å². The lowest BCUT2D eigenvalue weighted by molar-refractivity contribution is 0.0198. The number of carbonyl (C=O) groups is 1. The van der Waals surface area contributed by atoms with Gasteiger partial charge in [0.05, 0.1) is 22.4 Å². The number of nitrogens with zero attached hydrogens (tertiary/aromatic N) is 5. The molecule has 0 unspecified atom stereocenters. The summed E-state index contributed by atoms with van der Waals surface area (Å²) in [4.78, 5) is 31.7. The molecule has 0 bridgehead atoms. The normalized spacial score (nSPS) is 15.7. The summed E-state index contributed by atoms with van der Waals surface area (Å²) in [6.07, 6.45) is 8.07. The van der Waals surface area contributed by atoms with Gasteiger partial charge in [0.25, 0.3) is 0 Å². The zero-order chi connectivity index (χ0) is 27.4. The first-order valence-corrected chi connectivity index (χ1v) is 13.3. The smallest absolute Gasteiger partial charge is 0.410 e. The van der Waals surface area contributed by atoms with Gasteiger partial charge in [-0.1, -0.05) is 17.7 Å². The predicted octanol–water partition coefficient (Wildman–Crippen LogP) is 6.51. The van der Waals surface area contributed by atoms with Gasteiger partial charge in [-0.2, -0.15) is 0 Å². The third-order valence-corrected chi connectivity index (χ3v) is 6.69. The third-order valence-electron chi connectivity index (χ3n) is 6.39. The predicted molar refractivity (Wildman–Crippen MR) is 150 cm³/mol. The van der Waals surface area contributed by atoms with E-state index in [-0.39, 0.29) is 18.6 Å². The Labute approximate surface area is 232 Å². The molecule has 4 aromatic rings. The van der Waals surface area contributed by atoms with Gasteiger partial charge in [-0.05, 0) is 69.5 Å². The molecule has 0 saturated carbocycles. The minimum absolute atomic E-state index is 0.198. The first-order chi connectivity index (χ1) is 18.7. The van der Waals surface area contributed by atoms with Crippen LogP contribution in [0.25, 0.3) is 10.9 Å². The second-order valence-electron chi connectivity index (χ2n) is 10.5. The van der Waals surface area contributed by atoms with E-state index in [9.17, 15) is 4.79 Å². The van der Waals surface area contributed by atoms with Crippen molar-refractivity contribution in [3.05, 3.63) is 77.6 Å². The van der Waals surface area contributed by atoms with Crippen LogP contribution in [0, 0.1) is 0 Å². The molecule has 1 amide bonds. The highest BCUT2D eigenvalue weighted by molar-refractivity contribution is 6.32. The fourth-order valence-electron chi connectivity index (χ4n) is 4.56. The Bertz CT molecular complexity index is 1460. The number of piperidine rings is 1. The number of likely N-dealkylation sites (tertiary alicyclic amines) is 1. The van der Waals surface area contributed by atoms with Crippen molar-refractivity contribution in [1.82, 2.24) is 24.8 Å². The van der Waals surface area contributed by atoms with Crippen LogP contribution >= 0.6 is 11.6 Å². The molecule has 2 aromatic carbocycles. The number of hydrogen-bond acceptors (Lipinski definition) is 8. The number of carbonyl (C=O) groups excluding carboxylic acids is 1. The summed E-state index contributed by atoms with van der Waals surface area (Å²) in [6.45, 7) is 7.25. The van der Waals surface area contributed by atoms with Gasteiger partial charge >= 0.3 is 6.09 Å². The van der Waals surface area contributed by atoms with Crippen molar-refractivity contribution in [2.45, 2.75) is 51.7 Å². The number of nitrogens with one attached hydrogen (secondary N) is 1. The number of amides is 1. The fraction of sp³-hybridized carbons (Fsp3) is 0.345. The van der Waals surface area contributed by atoms with Crippen molar-refractivity contribution in [3.8, 4) is 5.75 Å². The average molecular weight is 547 g/mol. The number of rotatable bonds is 6. The number of halogens is 1. The van der Waals surface area contributed by atoms with E-state index in [1.807, 2.05) is 39.0 Å². The van der Waals surface area contributed by atoms with Gasteiger partial charge < -0.3 is 19.7 Å². The van der Waals surface area contributed by atoms with E-state index in [0.29, 0.717) is 35.4 Å². The maximum absolute atomic E-state index is 12.7. The van der Waals surface area contributed by atoms with Gasteiger partial charge in [-0.15, -0.1) is 0 Å². The van der Waals surface area contributed by atoms with E-state index < -0.39 is 5.60 Å². The molecule has 5 rings (SSSR count). The molecule has 1 fully saturated rings. The highest BCUT2D eigenvalue weighted by atomic mass is 35.5. The van der Waals surface area contributed by atoms with Crippen molar-refractivity contribution in [1.29, 1.82) is 0 Å². The Hall–Kier alpha value is -3.98. The molecule has 202 valence electrons. The lowest BCUT2D eigenvalue weighted by Crippen LogP contribution is -2.42. The second-order valence-corrected chi connectivity index (χ2v) is 10.9. The average Bonchev–Trinajstić information content (AvgIpc) is 2.92. The van der Waals surface area contributed by atoms with Crippen molar-refractivity contribution < 1.29 is 14.3 Å². The van der Waals surface area contributed by atoms with Gasteiger partial charge in [-0.25, -0.2) is 14.8 Å². The Balaban J connectivity index is 1.32. The molecular formula is C29H31ClN6O3. The molecule has 2 aromatic heterocycles. The first kappa shape index (κ1) is 26.6. The zero-order valence-electron chi connectivity index (χ0n) is 22.2. The van der Waals surface area contributed by atoms with Crippen molar-refractivity contribution in [2.75, 3.05) is 18.4 Å². The SMILES string of the molecule is CC(C)(C)OC(=O)N1CCC[C@@H](c2ccc3ncnc(Nc4ccc(OCc5cnccn5)c(Cl)c4)c3c2)C1. The van der Waals surface area contributed by atoms with Crippen molar-refractivity contribution >= 4 is 40.1 Å². The van der Waals surface area contributed by atoms with Gasteiger partial charge in [-0.3, -0.25) is 9.97 Å². The number of hydrogen-bond donors (Lipinski definition) is 1. The topological polar surface area (TPSA) is 102 Å². The molecule has 1 aliphatic heterocycles. The summed E-state index contributed by atoms with van der Waals surface area (Å²) in [5, 5.41) is 4.73. The fourth-order valence-corrected chi connectivity index (χ4v) is 4.79. The number of aromatic nitrogens is 4. The number of ether oxygens (including phenoxy) is 2. The van der Waals surface area contributed by atoms with Gasteiger partial charge in [0.15, 0.2) is 0 Å². The molecule has 3 heterocycles. The van der Waals surface area contributed by atoms with Gasteiger partial charge in [0.2, 0.25) is 0 Å². The van der Waals surface area contributed by atoms with Crippen LogP contribution in [-0.4, -0.2) is 49.6 Å². The van der Waals surface area contributed by atoms with Crippen LogP contribution in [0.15, 0.2) is 61.3 Å². The molecule has 0 radical (unpaired) electrons. The van der Waals surface area contributed by atoms with Gasteiger partial charge in [0.1, 0.15) is 30.1 Å². The molecule has 0 aliphatic carbocycles. The third kappa shape index (κ3) is 6.72. The lowest BCUT2D eigenvalue weighted by Gasteiger charge is -2.34. The lowest BCUT2D eigenvalue weighted by atomic mass is 9.90. The summed E-state index contributed by atoms with van der Waals surface area (Å²) < 4.78 is 11.4. The maximum atomic E-state index is 12.7. The highest BCUT2D eigenvalue weighted by Crippen LogP contribution is 2.33. The van der Waals surface area contributed by atoms with E-state index >= 15 is 0 Å². The van der Waals surface area contributed by atoms with E-state index in [0.717, 1.165) is 35.0 Å². The van der Waals surface area contributed by atoms with E-state index in [2.05, 4.69) is 37.4 Å². The largest absolute Gasteiger partial charge is 0.486 e. The highest BCUT2D eigenvalue weighted by Gasteiger charge is 2.28. The van der Waals surface area contributed by atoms with Crippen molar-refractivity contribution in [3.63, 3.8) is 0 Å². The monoisotopic (exact) mass is 546 g/mol. The molecule has 1 N–H and O–H groups in total. The molecule has 0 spiro atoms. The molecule has 39 heavy (non-hydrogen) atoms. The summed E-state index contributed by atoms with van der Waals surface area (Å²) >= 11 is 6.51. The molecule has 9 nitrogen and oxygen atoms in total. The summed E-state index contributed by atoms with van der Waals surface area (Å²) in [5.41, 5.74) is 2.93. The quantitative estimate of drug-likeness (QED) is 0.292. The van der Waals surface area contributed by atoms with Crippen molar-refractivity contribution in [2.24, 2.45) is 0 Å². The van der Waals surface area contributed by atoms with Crippen LogP contribution in [0.3, 0.4) is 0 Å². The standard InChI is InChI=1S/C29H31ClN6O3/c1-29(2,3)39-28(37)36-12-4-5-20(16-36)19-6-8-25-23(13-19)27(34-18-33-25)35-21-7-9-26(24(30)14-21)38-17-22-15-31-10-11-32-22/h6-11,13-15,18,20H,4-5,12,16-17H2,1-3H3,(H,33,34,35)/t20-/m1/s1. The molecule has 1 saturated heterocycles. The Morgan fingerprint density at radius 3 is 2.77 bits per heavy atom. The number of anilines is 2. The minimum Gasteiger partial charge on any atom is -0.486 e. The number of fused-ring (bicyclic) bond motifs is 1. The Kier molecular flexibility index (Phi) is 7.79. The minimum atomic E-state index is -0.519. The summed E-state index contributed by atoms with van der Waals surface area (Å²) in [6, 6.07) is 11.7. The van der Waals surface area contributed by atoms with Crippen LogP contribution in [0.4, 0.5) is 16.3 Å². The van der Waals surface area contributed by atoms with E-state index in [4.69, 9.17) is 21.1 Å². The molecule has 1 aliphatic rings. The summed E-state index contributed by atoms with van der Waals surface area (Å²) in [5.74, 6) is 1.42. The first-order valence-electron chi connectivity index (χ1n) is 12.9. The molecular weight excluding hydrogens is 516 g/mol. The zero-order valence-corrected chi connectivity index (χ0v) is 23.0. The summed E-state index contributed by atoms with van der Waals surface area (Å²) in [7, 11) is 0. The molecule has 10 heteroatoms. The Morgan fingerprint density at radius 1 is 1.13 bits per heavy atom. The van der Waals surface area contributed by atoms with Crippen LogP contribution in [-0.2, 0) is 11.3 Å². The second kappa shape index (κ2) is 11.4. The van der Waals surface area contributed by atoms with Crippen LogP contribution in [0.5, 0.6) is 5.75 Å². The van der Waals surface area contributed by atoms with E-state index in [1.165, 1.54) is 6.33 Å².